The quantitative estimate of drug-likeness (QED) is 0.444. The maximum absolute atomic E-state index is 11.6. The summed E-state index contributed by atoms with van der Waals surface area (Å²) in [5.74, 6) is -1.00. The first-order valence-electron chi connectivity index (χ1n) is 6.17. The van der Waals surface area contributed by atoms with Gasteiger partial charge in [0, 0.05) is 24.7 Å². The van der Waals surface area contributed by atoms with Crippen LogP contribution in [0.1, 0.15) is 16.8 Å². The Labute approximate surface area is 138 Å². The zero-order valence-corrected chi connectivity index (χ0v) is 14.8. The zero-order valence-electron chi connectivity index (χ0n) is 12.6. The number of alkyl halides is 1. The van der Waals surface area contributed by atoms with Crippen molar-refractivity contribution < 1.29 is 19.4 Å². The molecule has 0 atom stereocenters. The summed E-state index contributed by atoms with van der Waals surface area (Å²) in [6.07, 6.45) is 0.354. The van der Waals surface area contributed by atoms with Crippen LogP contribution in [0.4, 0.5) is 5.69 Å². The van der Waals surface area contributed by atoms with E-state index in [1.54, 1.807) is 6.07 Å². The Hall–Kier alpha value is -1.35. The van der Waals surface area contributed by atoms with E-state index in [1.807, 2.05) is 23.9 Å². The number of esters is 1. The van der Waals surface area contributed by atoms with Crippen LogP contribution in [0, 0.1) is 0 Å². The summed E-state index contributed by atoms with van der Waals surface area (Å²) < 4.78 is 4.51. The smallest absolute Gasteiger partial charge is 0.341 e. The number of phenols is 1. The molecule has 0 heterocycles. The van der Waals surface area contributed by atoms with E-state index in [0.717, 1.165) is 0 Å². The highest BCUT2D eigenvalue weighted by Crippen LogP contribution is 2.22. The molecule has 0 aliphatic heterocycles. The fourth-order valence-electron chi connectivity index (χ4n) is 1.44. The van der Waals surface area contributed by atoms with Crippen LogP contribution in [-0.2, 0) is 9.53 Å². The van der Waals surface area contributed by atoms with Crippen LogP contribution in [0.2, 0.25) is 0 Å². The minimum absolute atomic E-state index is 0.0637. The van der Waals surface area contributed by atoms with Crippen molar-refractivity contribution >= 4 is 40.2 Å². The lowest BCUT2D eigenvalue weighted by Crippen LogP contribution is -2.20. The van der Waals surface area contributed by atoms with Crippen molar-refractivity contribution in [1.29, 1.82) is 0 Å². The Kier molecular flexibility index (Phi) is 9.72. The van der Waals surface area contributed by atoms with Crippen molar-refractivity contribution in [2.45, 2.75) is 6.42 Å². The predicted octanol–water partition coefficient (Wildman–Crippen LogP) is 2.12. The lowest BCUT2D eigenvalue weighted by molar-refractivity contribution is -0.116. The maximum Gasteiger partial charge on any atom is 0.341 e. The van der Waals surface area contributed by atoms with Gasteiger partial charge < -0.3 is 20.1 Å². The molecule has 0 aliphatic carbocycles. The van der Waals surface area contributed by atoms with Gasteiger partial charge in [-0.05, 0) is 31.2 Å². The lowest BCUT2D eigenvalue weighted by atomic mass is 10.2. The molecule has 118 valence electrons. The second-order valence-electron chi connectivity index (χ2n) is 4.32. The van der Waals surface area contributed by atoms with Gasteiger partial charge in [-0.25, -0.2) is 4.79 Å². The zero-order chi connectivity index (χ0) is 16.4. The highest BCUT2D eigenvalue weighted by molar-refractivity contribution is 14.1. The average Bonchev–Trinajstić information content (AvgIpc) is 2.46. The van der Waals surface area contributed by atoms with E-state index in [-0.39, 0.29) is 17.2 Å². The van der Waals surface area contributed by atoms with Crippen LogP contribution in [0.3, 0.4) is 0 Å². The molecule has 1 rings (SSSR count). The third kappa shape index (κ3) is 7.28. The van der Waals surface area contributed by atoms with Gasteiger partial charge in [0.2, 0.25) is 5.91 Å². The van der Waals surface area contributed by atoms with Crippen molar-refractivity contribution in [3.63, 3.8) is 0 Å². The predicted molar refractivity (Wildman–Crippen MR) is 91.2 cm³/mol. The molecular weight excluding hydrogens is 387 g/mol. The second kappa shape index (κ2) is 10.4. The minimum Gasteiger partial charge on any atom is -0.507 e. The van der Waals surface area contributed by atoms with E-state index in [2.05, 4.69) is 32.6 Å². The number of phenolic OH excluding ortho intramolecular Hbond substituents is 1. The van der Waals surface area contributed by atoms with E-state index in [4.69, 9.17) is 0 Å². The van der Waals surface area contributed by atoms with Crippen LogP contribution >= 0.6 is 22.6 Å². The highest BCUT2D eigenvalue weighted by atomic mass is 127. The minimum atomic E-state index is -0.622. The monoisotopic (exact) mass is 408 g/mol. The van der Waals surface area contributed by atoms with Crippen LogP contribution in [-0.4, -0.2) is 54.6 Å². The van der Waals surface area contributed by atoms with Gasteiger partial charge in [-0.2, -0.15) is 0 Å². The molecule has 0 bridgehead atoms. The number of hydrogen-bond acceptors (Lipinski definition) is 5. The van der Waals surface area contributed by atoms with E-state index in [0.29, 0.717) is 18.7 Å². The maximum atomic E-state index is 11.6. The number of anilines is 1. The summed E-state index contributed by atoms with van der Waals surface area (Å²) in [5.41, 5.74) is 0.502. The first-order chi connectivity index (χ1) is 9.93. The summed E-state index contributed by atoms with van der Waals surface area (Å²) in [6, 6.07) is 4.27. The topological polar surface area (TPSA) is 78.9 Å². The number of benzene rings is 1. The molecule has 1 amide bonds. The molecule has 21 heavy (non-hydrogen) atoms. The molecule has 0 aromatic heterocycles. The summed E-state index contributed by atoms with van der Waals surface area (Å²) in [6.45, 7) is 0.637. The molecule has 7 heteroatoms. The molecule has 0 spiro atoms. The van der Waals surface area contributed by atoms with Crippen molar-refractivity contribution in [1.82, 2.24) is 4.90 Å². The number of halogens is 1. The van der Waals surface area contributed by atoms with Gasteiger partial charge in [0.15, 0.2) is 0 Å². The first kappa shape index (κ1) is 19.7. The molecule has 0 saturated heterocycles. The van der Waals surface area contributed by atoms with Crippen molar-refractivity contribution in [2.75, 3.05) is 38.0 Å². The third-order valence-electron chi connectivity index (χ3n) is 2.47. The third-order valence-corrected chi connectivity index (χ3v) is 2.47. The number of amides is 1. The molecule has 0 saturated carbocycles. The van der Waals surface area contributed by atoms with Gasteiger partial charge >= 0.3 is 5.97 Å². The average molecular weight is 408 g/mol. The Morgan fingerprint density at radius 3 is 2.43 bits per heavy atom. The number of ether oxygens (including phenoxy) is 1. The number of hydrogen-bond donors (Lipinski definition) is 2. The molecule has 0 unspecified atom stereocenters. The lowest BCUT2D eigenvalue weighted by Gasteiger charge is -2.10. The normalized spacial score (nSPS) is 9.62. The summed E-state index contributed by atoms with van der Waals surface area (Å²) in [4.78, 5) is 26.7. The van der Waals surface area contributed by atoms with Crippen molar-refractivity contribution in [3.05, 3.63) is 23.8 Å². The van der Waals surface area contributed by atoms with Crippen LogP contribution in [0.5, 0.6) is 5.75 Å². The molecule has 2 N–H and O–H groups in total. The van der Waals surface area contributed by atoms with Crippen molar-refractivity contribution in [2.24, 2.45) is 0 Å². The number of methoxy groups -OCH3 is 1. The van der Waals surface area contributed by atoms with Gasteiger partial charge in [-0.15, -0.1) is 0 Å². The highest BCUT2D eigenvalue weighted by Gasteiger charge is 2.12. The molecule has 0 fully saturated rings. The van der Waals surface area contributed by atoms with Gasteiger partial charge in [0.05, 0.1) is 7.11 Å². The number of carbonyl (C=O) groups excluding carboxylic acids is 2. The second-order valence-corrected chi connectivity index (χ2v) is 4.32. The standard InChI is InChI=1S/C13H18N2O4.CH3I/c1-15(2)7-6-12(17)14-9-4-5-10(11(16)8-9)13(18)19-3;1-2/h4-5,8,16H,6-7H2,1-3H3,(H,14,17);1H3. The fourth-order valence-corrected chi connectivity index (χ4v) is 1.44. The van der Waals surface area contributed by atoms with E-state index in [9.17, 15) is 14.7 Å². The summed E-state index contributed by atoms with van der Waals surface area (Å²) in [7, 11) is 4.99. The Morgan fingerprint density at radius 2 is 1.95 bits per heavy atom. The molecule has 0 radical (unpaired) electrons. The van der Waals surface area contributed by atoms with Gasteiger partial charge in [-0.3, -0.25) is 4.79 Å². The number of carbonyl (C=O) groups is 2. The Bertz CT molecular complexity index is 478. The number of rotatable bonds is 5. The van der Waals surface area contributed by atoms with Crippen LogP contribution in [0.15, 0.2) is 18.2 Å². The number of nitrogens with zero attached hydrogens (tertiary/aromatic N) is 1. The van der Waals surface area contributed by atoms with Gasteiger partial charge in [0.25, 0.3) is 0 Å². The molecule has 1 aromatic rings. The van der Waals surface area contributed by atoms with E-state index >= 15 is 0 Å². The Morgan fingerprint density at radius 1 is 1.33 bits per heavy atom. The SMILES string of the molecule is CI.COC(=O)c1ccc(NC(=O)CCN(C)C)cc1O. The fraction of sp³-hybridized carbons (Fsp3) is 0.429. The molecular formula is C14H21IN2O4. The number of nitrogens with one attached hydrogen (secondary N) is 1. The van der Waals surface area contributed by atoms with E-state index in [1.165, 1.54) is 19.2 Å². The van der Waals surface area contributed by atoms with Crippen LogP contribution in [0.25, 0.3) is 0 Å². The van der Waals surface area contributed by atoms with Crippen molar-refractivity contribution in [3.8, 4) is 5.75 Å². The first-order valence-corrected chi connectivity index (χ1v) is 8.33. The Balaban J connectivity index is 0.00000191. The number of aromatic hydroxyl groups is 1. The van der Waals surface area contributed by atoms with Crippen LogP contribution < -0.4 is 5.32 Å². The summed E-state index contributed by atoms with van der Waals surface area (Å²) in [5, 5.41) is 12.3. The molecule has 0 aliphatic rings. The van der Waals surface area contributed by atoms with E-state index < -0.39 is 5.97 Å². The molecule has 6 nitrogen and oxygen atoms in total. The molecule has 1 aromatic carbocycles. The largest absolute Gasteiger partial charge is 0.507 e. The summed E-state index contributed by atoms with van der Waals surface area (Å²) >= 11 is 2.15. The van der Waals surface area contributed by atoms with Gasteiger partial charge in [0.1, 0.15) is 11.3 Å². The van der Waals surface area contributed by atoms with Gasteiger partial charge in [-0.1, -0.05) is 22.6 Å².